The Morgan fingerprint density at radius 1 is 1.38 bits per heavy atom. The molecule has 0 spiro atoms. The van der Waals surface area contributed by atoms with Gasteiger partial charge in [-0.1, -0.05) is 19.4 Å². The first-order chi connectivity index (χ1) is 9.33. The highest BCUT2D eigenvalue weighted by Crippen LogP contribution is 2.22. The molecule has 0 aromatic heterocycles. The molecule has 21 heavy (non-hydrogen) atoms. The third-order valence-corrected chi connectivity index (χ3v) is 4.60. The number of nitrogens with one attached hydrogen (secondary N) is 2. The number of hydrogen-bond donors (Lipinski definition) is 3. The van der Waals surface area contributed by atoms with Gasteiger partial charge >= 0.3 is 0 Å². The molecule has 1 aromatic rings. The van der Waals surface area contributed by atoms with Gasteiger partial charge in [0.25, 0.3) is 0 Å². The van der Waals surface area contributed by atoms with E-state index in [0.29, 0.717) is 17.7 Å². The number of rotatable bonds is 6. The summed E-state index contributed by atoms with van der Waals surface area (Å²) in [6.45, 7) is 3.59. The van der Waals surface area contributed by atoms with Crippen LogP contribution in [0, 0.1) is 6.92 Å². The van der Waals surface area contributed by atoms with Crippen LogP contribution >= 0.6 is 12.4 Å². The second-order valence-electron chi connectivity index (χ2n) is 4.52. The van der Waals surface area contributed by atoms with Gasteiger partial charge in [0.15, 0.2) is 0 Å². The zero-order valence-electron chi connectivity index (χ0n) is 12.3. The fraction of sp³-hybridized carbons (Fsp3) is 0.462. The van der Waals surface area contributed by atoms with Crippen LogP contribution in [0.2, 0.25) is 0 Å². The number of nitrogens with two attached hydrogens (primary N) is 1. The number of benzene rings is 1. The van der Waals surface area contributed by atoms with Crippen molar-refractivity contribution in [3.63, 3.8) is 0 Å². The summed E-state index contributed by atoms with van der Waals surface area (Å²) in [6, 6.07) is 4.13. The maximum absolute atomic E-state index is 11.9. The molecule has 1 aromatic carbocycles. The minimum Gasteiger partial charge on any atom is -0.324 e. The first-order valence-electron chi connectivity index (χ1n) is 6.43. The highest BCUT2D eigenvalue weighted by atomic mass is 35.5. The number of carbonyl (C=O) groups is 1. The molecule has 0 aliphatic carbocycles. The van der Waals surface area contributed by atoms with Gasteiger partial charge in [-0.25, -0.2) is 13.1 Å². The molecule has 1 atom stereocenters. The van der Waals surface area contributed by atoms with Gasteiger partial charge in [-0.2, -0.15) is 0 Å². The molecule has 0 radical (unpaired) electrons. The molecule has 1 rings (SSSR count). The number of anilines is 1. The molecule has 0 bridgehead atoms. The second-order valence-corrected chi connectivity index (χ2v) is 6.38. The van der Waals surface area contributed by atoms with E-state index < -0.39 is 16.1 Å². The molecule has 1 unspecified atom stereocenters. The summed E-state index contributed by atoms with van der Waals surface area (Å²) in [7, 11) is -2.21. The predicted molar refractivity (Wildman–Crippen MR) is 86.2 cm³/mol. The van der Waals surface area contributed by atoms with Gasteiger partial charge < -0.3 is 11.1 Å². The van der Waals surface area contributed by atoms with Crippen molar-refractivity contribution in [1.29, 1.82) is 0 Å². The quantitative estimate of drug-likeness (QED) is 0.731. The van der Waals surface area contributed by atoms with Gasteiger partial charge in [-0.3, -0.25) is 4.79 Å². The average molecular weight is 336 g/mol. The van der Waals surface area contributed by atoms with E-state index in [9.17, 15) is 13.2 Å². The Kier molecular flexibility index (Phi) is 7.87. The third-order valence-electron chi connectivity index (χ3n) is 3.04. The van der Waals surface area contributed by atoms with Crippen molar-refractivity contribution in [2.45, 2.75) is 37.6 Å². The summed E-state index contributed by atoms with van der Waals surface area (Å²) in [5, 5.41) is 2.68. The van der Waals surface area contributed by atoms with E-state index in [1.807, 2.05) is 6.92 Å². The smallest absolute Gasteiger partial charge is 0.241 e. The largest absolute Gasteiger partial charge is 0.324 e. The van der Waals surface area contributed by atoms with E-state index in [1.54, 1.807) is 19.1 Å². The number of carbonyl (C=O) groups excluding carboxylic acids is 1. The van der Waals surface area contributed by atoms with Crippen molar-refractivity contribution in [1.82, 2.24) is 4.72 Å². The van der Waals surface area contributed by atoms with Crippen molar-refractivity contribution >= 4 is 34.0 Å². The van der Waals surface area contributed by atoms with Gasteiger partial charge in [0.2, 0.25) is 15.9 Å². The highest BCUT2D eigenvalue weighted by molar-refractivity contribution is 7.89. The summed E-state index contributed by atoms with van der Waals surface area (Å²) < 4.78 is 26.0. The van der Waals surface area contributed by atoms with Crippen LogP contribution in [0.3, 0.4) is 0 Å². The van der Waals surface area contributed by atoms with Crippen LogP contribution in [0.4, 0.5) is 5.69 Å². The van der Waals surface area contributed by atoms with Gasteiger partial charge in [-0.15, -0.1) is 12.4 Å². The van der Waals surface area contributed by atoms with E-state index in [-0.39, 0.29) is 23.2 Å². The first kappa shape index (κ1) is 19.9. The van der Waals surface area contributed by atoms with E-state index in [0.717, 1.165) is 6.42 Å². The minimum absolute atomic E-state index is 0. The van der Waals surface area contributed by atoms with Crippen LogP contribution in [0.5, 0.6) is 0 Å². The molecular weight excluding hydrogens is 314 g/mol. The first-order valence-corrected chi connectivity index (χ1v) is 7.91. The number of hydrogen-bond acceptors (Lipinski definition) is 4. The normalized spacial score (nSPS) is 12.4. The SMILES string of the molecule is CCCC(N)C(=O)Nc1cccc(S(=O)(=O)NC)c1C.Cl. The average Bonchev–Trinajstić information content (AvgIpc) is 2.41. The molecule has 120 valence electrons. The second kappa shape index (κ2) is 8.33. The minimum atomic E-state index is -3.55. The molecule has 0 aliphatic heterocycles. The van der Waals surface area contributed by atoms with E-state index in [2.05, 4.69) is 10.0 Å². The van der Waals surface area contributed by atoms with Gasteiger partial charge in [-0.05, 0) is 38.1 Å². The molecule has 1 amide bonds. The number of amides is 1. The van der Waals surface area contributed by atoms with Gasteiger partial charge in [0.1, 0.15) is 0 Å². The van der Waals surface area contributed by atoms with Crippen LogP contribution in [0.1, 0.15) is 25.3 Å². The Hall–Kier alpha value is -1.15. The van der Waals surface area contributed by atoms with Gasteiger partial charge in [0, 0.05) is 5.69 Å². The van der Waals surface area contributed by atoms with Crippen LogP contribution in [0.15, 0.2) is 23.1 Å². The van der Waals surface area contributed by atoms with Gasteiger partial charge in [0.05, 0.1) is 10.9 Å². The Bertz CT molecular complexity index is 590. The van der Waals surface area contributed by atoms with E-state index in [1.165, 1.54) is 13.1 Å². The summed E-state index contributed by atoms with van der Waals surface area (Å²) in [5.41, 5.74) is 6.67. The summed E-state index contributed by atoms with van der Waals surface area (Å²) in [4.78, 5) is 12.0. The lowest BCUT2D eigenvalue weighted by atomic mass is 10.1. The topological polar surface area (TPSA) is 101 Å². The molecule has 0 aliphatic rings. The summed E-state index contributed by atoms with van der Waals surface area (Å²) in [5.74, 6) is -0.311. The van der Waals surface area contributed by atoms with Crippen molar-refractivity contribution in [2.75, 3.05) is 12.4 Å². The standard InChI is InChI=1S/C13H21N3O3S.ClH/c1-4-6-10(14)13(17)16-11-7-5-8-12(9(11)2)20(18,19)15-3;/h5,7-8,10,15H,4,6,14H2,1-3H3,(H,16,17);1H. The highest BCUT2D eigenvalue weighted by Gasteiger charge is 2.18. The molecule has 0 saturated carbocycles. The number of sulfonamides is 1. The molecule has 0 saturated heterocycles. The number of halogens is 1. The fourth-order valence-corrected chi connectivity index (χ4v) is 2.81. The lowest BCUT2D eigenvalue weighted by Crippen LogP contribution is -2.35. The Morgan fingerprint density at radius 2 is 2.00 bits per heavy atom. The predicted octanol–water partition coefficient (Wildman–Crippen LogP) is 1.39. The molecular formula is C13H22ClN3O3S. The Balaban J connectivity index is 0.00000400. The lowest BCUT2D eigenvalue weighted by molar-refractivity contribution is -0.117. The molecule has 0 heterocycles. The maximum Gasteiger partial charge on any atom is 0.241 e. The van der Waals surface area contributed by atoms with Crippen LogP contribution in [-0.2, 0) is 14.8 Å². The van der Waals surface area contributed by atoms with Crippen molar-refractivity contribution in [3.8, 4) is 0 Å². The van der Waals surface area contributed by atoms with E-state index >= 15 is 0 Å². The zero-order valence-corrected chi connectivity index (χ0v) is 14.0. The molecule has 6 nitrogen and oxygen atoms in total. The molecule has 8 heteroatoms. The Labute approximate surface area is 132 Å². The fourth-order valence-electron chi connectivity index (χ4n) is 1.82. The maximum atomic E-state index is 11.9. The Morgan fingerprint density at radius 3 is 2.52 bits per heavy atom. The molecule has 0 fully saturated rings. The van der Waals surface area contributed by atoms with Crippen molar-refractivity contribution < 1.29 is 13.2 Å². The third kappa shape index (κ3) is 4.96. The summed E-state index contributed by atoms with van der Waals surface area (Å²) >= 11 is 0. The van der Waals surface area contributed by atoms with Crippen LogP contribution in [0.25, 0.3) is 0 Å². The molecule has 4 N–H and O–H groups in total. The monoisotopic (exact) mass is 335 g/mol. The van der Waals surface area contributed by atoms with Crippen molar-refractivity contribution in [3.05, 3.63) is 23.8 Å². The van der Waals surface area contributed by atoms with E-state index in [4.69, 9.17) is 5.73 Å². The summed E-state index contributed by atoms with van der Waals surface area (Å²) in [6.07, 6.45) is 1.39. The zero-order chi connectivity index (χ0) is 15.3. The van der Waals surface area contributed by atoms with Crippen LogP contribution in [-0.4, -0.2) is 27.4 Å². The van der Waals surface area contributed by atoms with Crippen molar-refractivity contribution in [2.24, 2.45) is 5.73 Å². The van der Waals surface area contributed by atoms with Crippen LogP contribution < -0.4 is 15.8 Å². The lowest BCUT2D eigenvalue weighted by Gasteiger charge is -2.15.